The summed E-state index contributed by atoms with van der Waals surface area (Å²) in [7, 11) is 0. The van der Waals surface area contributed by atoms with Crippen molar-refractivity contribution in [3.05, 3.63) is 47.6 Å². The van der Waals surface area contributed by atoms with Gasteiger partial charge in [0.1, 0.15) is 0 Å². The van der Waals surface area contributed by atoms with Crippen molar-refractivity contribution in [2.45, 2.75) is 39.3 Å². The zero-order chi connectivity index (χ0) is 16.9. The minimum atomic E-state index is 0.0848. The minimum absolute atomic E-state index is 0.0848. The number of hydrogen-bond donors (Lipinski definition) is 1. The number of carbonyl (C=O) groups is 1. The highest BCUT2D eigenvalue weighted by Crippen LogP contribution is 2.25. The highest BCUT2D eigenvalue weighted by molar-refractivity contribution is 5.78. The third-order valence-electron chi connectivity index (χ3n) is 4.66. The lowest BCUT2D eigenvalue weighted by atomic mass is 9.95. The Kier molecular flexibility index (Phi) is 5.25. The van der Waals surface area contributed by atoms with Crippen LogP contribution in [-0.2, 0) is 11.3 Å². The summed E-state index contributed by atoms with van der Waals surface area (Å²) in [5.74, 6) is 1.55. The molecule has 0 aliphatic carbocycles. The Balaban J connectivity index is 1.47. The number of nitrogens with one attached hydrogen (secondary N) is 1. The quantitative estimate of drug-likeness (QED) is 0.913. The number of aryl methyl sites for hydroxylation is 1. The fourth-order valence-corrected chi connectivity index (χ4v) is 3.12. The van der Waals surface area contributed by atoms with Crippen LogP contribution in [0.1, 0.15) is 43.1 Å². The van der Waals surface area contributed by atoms with Gasteiger partial charge >= 0.3 is 0 Å². The lowest BCUT2D eigenvalue weighted by Gasteiger charge is -2.33. The fourth-order valence-electron chi connectivity index (χ4n) is 3.12. The molecule has 128 valence electrons. The molecule has 24 heavy (non-hydrogen) atoms. The van der Waals surface area contributed by atoms with Crippen molar-refractivity contribution in [2.75, 3.05) is 13.1 Å². The zero-order valence-corrected chi connectivity index (χ0v) is 14.2. The molecule has 6 heteroatoms. The summed E-state index contributed by atoms with van der Waals surface area (Å²) in [5, 5.41) is 6.90. The van der Waals surface area contributed by atoms with Crippen LogP contribution in [0.4, 0.5) is 0 Å². The van der Waals surface area contributed by atoms with Gasteiger partial charge in [0.15, 0.2) is 5.82 Å². The molecule has 3 rings (SSSR count). The number of rotatable bonds is 5. The molecule has 0 unspecified atom stereocenters. The number of carbonyl (C=O) groups excluding carboxylic acids is 1. The number of hydrogen-bond acceptors (Lipinski definition) is 5. The molecule has 1 N–H and O–H groups in total. The zero-order valence-electron chi connectivity index (χ0n) is 14.2. The second kappa shape index (κ2) is 7.57. The van der Waals surface area contributed by atoms with Gasteiger partial charge in [0.25, 0.3) is 0 Å². The van der Waals surface area contributed by atoms with Crippen molar-refractivity contribution >= 4 is 5.91 Å². The van der Waals surface area contributed by atoms with E-state index in [4.69, 9.17) is 4.52 Å². The Bertz CT molecular complexity index is 663. The molecule has 0 spiro atoms. The summed E-state index contributed by atoms with van der Waals surface area (Å²) in [5.41, 5.74) is 1.13. The maximum atomic E-state index is 12.4. The first-order chi connectivity index (χ1) is 11.6. The Hall–Kier alpha value is -2.21. The highest BCUT2D eigenvalue weighted by Gasteiger charge is 2.29. The Morgan fingerprint density at radius 1 is 1.33 bits per heavy atom. The molecule has 1 aliphatic rings. The van der Waals surface area contributed by atoms with Crippen LogP contribution < -0.4 is 5.32 Å². The predicted molar refractivity (Wildman–Crippen MR) is 90.0 cm³/mol. The van der Waals surface area contributed by atoms with Crippen molar-refractivity contribution in [1.82, 2.24) is 20.4 Å². The summed E-state index contributed by atoms with van der Waals surface area (Å²) < 4.78 is 5.26. The molecular formula is C18H24N4O2. The average molecular weight is 328 g/mol. The number of aromatic nitrogens is 2. The number of amides is 1. The van der Waals surface area contributed by atoms with Crippen LogP contribution in [0.2, 0.25) is 0 Å². The molecule has 0 radical (unpaired) electrons. The summed E-state index contributed by atoms with van der Waals surface area (Å²) in [4.78, 5) is 19.0. The highest BCUT2D eigenvalue weighted by atomic mass is 16.5. The van der Waals surface area contributed by atoms with E-state index in [0.29, 0.717) is 18.3 Å². The summed E-state index contributed by atoms with van der Waals surface area (Å²) in [6.45, 7) is 6.22. The van der Waals surface area contributed by atoms with E-state index in [1.165, 1.54) is 0 Å². The van der Waals surface area contributed by atoms with Crippen molar-refractivity contribution in [3.8, 4) is 0 Å². The van der Waals surface area contributed by atoms with E-state index in [2.05, 4.69) is 27.3 Å². The molecule has 6 nitrogen and oxygen atoms in total. The Morgan fingerprint density at radius 3 is 2.67 bits per heavy atom. The lowest BCUT2D eigenvalue weighted by Crippen LogP contribution is -2.41. The van der Waals surface area contributed by atoms with E-state index < -0.39 is 0 Å². The molecule has 1 fully saturated rings. The summed E-state index contributed by atoms with van der Waals surface area (Å²) in [6, 6.07) is 10.1. The maximum absolute atomic E-state index is 12.4. The van der Waals surface area contributed by atoms with Gasteiger partial charge in [-0.2, -0.15) is 4.98 Å². The number of piperidine rings is 1. The van der Waals surface area contributed by atoms with Crippen LogP contribution in [0.3, 0.4) is 0 Å². The second-order valence-corrected chi connectivity index (χ2v) is 6.37. The van der Waals surface area contributed by atoms with Crippen molar-refractivity contribution < 1.29 is 9.32 Å². The Morgan fingerprint density at radius 2 is 2.04 bits per heavy atom. The topological polar surface area (TPSA) is 71.3 Å². The van der Waals surface area contributed by atoms with Gasteiger partial charge in [-0.1, -0.05) is 35.5 Å². The van der Waals surface area contributed by atoms with Gasteiger partial charge in [0, 0.05) is 12.5 Å². The van der Waals surface area contributed by atoms with Crippen LogP contribution in [-0.4, -0.2) is 34.0 Å². The van der Waals surface area contributed by atoms with Crippen LogP contribution in [0.5, 0.6) is 0 Å². The van der Waals surface area contributed by atoms with E-state index in [0.717, 1.165) is 31.5 Å². The first-order valence-corrected chi connectivity index (χ1v) is 8.49. The molecule has 1 amide bonds. The van der Waals surface area contributed by atoms with E-state index in [-0.39, 0.29) is 17.9 Å². The molecule has 0 bridgehead atoms. The van der Waals surface area contributed by atoms with Crippen LogP contribution in [0, 0.1) is 12.8 Å². The largest absolute Gasteiger partial charge is 0.352 e. The van der Waals surface area contributed by atoms with Crippen LogP contribution in [0.15, 0.2) is 34.9 Å². The van der Waals surface area contributed by atoms with Gasteiger partial charge in [-0.15, -0.1) is 0 Å². The lowest BCUT2D eigenvalue weighted by molar-refractivity contribution is -0.126. The molecule has 1 aromatic carbocycles. The summed E-state index contributed by atoms with van der Waals surface area (Å²) in [6.07, 6.45) is 1.72. The van der Waals surface area contributed by atoms with E-state index in [9.17, 15) is 4.79 Å². The van der Waals surface area contributed by atoms with Crippen LogP contribution >= 0.6 is 0 Å². The fraction of sp³-hybridized carbons (Fsp3) is 0.500. The molecule has 1 atom stereocenters. The number of nitrogens with zero attached hydrogens (tertiary/aromatic N) is 3. The van der Waals surface area contributed by atoms with Gasteiger partial charge in [0.05, 0.1) is 6.04 Å². The third kappa shape index (κ3) is 4.00. The Labute approximate surface area is 142 Å². The maximum Gasteiger partial charge on any atom is 0.243 e. The second-order valence-electron chi connectivity index (χ2n) is 6.37. The minimum Gasteiger partial charge on any atom is -0.352 e. The summed E-state index contributed by atoms with van der Waals surface area (Å²) >= 11 is 0. The van der Waals surface area contributed by atoms with Gasteiger partial charge in [-0.25, -0.2) is 0 Å². The average Bonchev–Trinajstić information content (AvgIpc) is 3.06. The molecule has 1 aromatic heterocycles. The van der Waals surface area contributed by atoms with Gasteiger partial charge < -0.3 is 9.84 Å². The normalized spacial score (nSPS) is 17.6. The van der Waals surface area contributed by atoms with Crippen molar-refractivity contribution in [3.63, 3.8) is 0 Å². The SMILES string of the molecule is Cc1noc([C@H](C)N2CCC(C(=O)NCc3ccccc3)CC2)n1. The monoisotopic (exact) mass is 328 g/mol. The van der Waals surface area contributed by atoms with E-state index in [1.807, 2.05) is 37.3 Å². The van der Waals surface area contributed by atoms with Gasteiger partial charge in [-0.05, 0) is 45.3 Å². The molecule has 2 heterocycles. The van der Waals surface area contributed by atoms with Gasteiger partial charge in [0.2, 0.25) is 11.8 Å². The molecule has 0 saturated carbocycles. The molecule has 1 aliphatic heterocycles. The van der Waals surface area contributed by atoms with Crippen molar-refractivity contribution in [2.24, 2.45) is 5.92 Å². The third-order valence-corrected chi connectivity index (χ3v) is 4.66. The van der Waals surface area contributed by atoms with Crippen LogP contribution in [0.25, 0.3) is 0 Å². The number of benzene rings is 1. The van der Waals surface area contributed by atoms with E-state index >= 15 is 0 Å². The smallest absolute Gasteiger partial charge is 0.243 e. The first-order valence-electron chi connectivity index (χ1n) is 8.49. The predicted octanol–water partition coefficient (Wildman–Crippen LogP) is 2.47. The standard InChI is InChI=1S/C18H24N4O2/c1-13(18-20-14(2)21-24-18)22-10-8-16(9-11-22)17(23)19-12-15-6-4-3-5-7-15/h3-7,13,16H,8-12H2,1-2H3,(H,19,23)/t13-/m0/s1. The van der Waals surface area contributed by atoms with Crippen molar-refractivity contribution in [1.29, 1.82) is 0 Å². The molecular weight excluding hydrogens is 304 g/mol. The number of likely N-dealkylation sites (tertiary alicyclic amines) is 1. The first kappa shape index (κ1) is 16.6. The molecule has 2 aromatic rings. The molecule has 1 saturated heterocycles. The van der Waals surface area contributed by atoms with E-state index in [1.54, 1.807) is 0 Å². The van der Waals surface area contributed by atoms with Gasteiger partial charge in [-0.3, -0.25) is 9.69 Å².